The molecule has 3 aromatic carbocycles. The molecule has 3 amide bonds. The summed E-state index contributed by atoms with van der Waals surface area (Å²) in [5.41, 5.74) is 3.28. The number of carbonyl (C=O) groups is 2. The van der Waals surface area contributed by atoms with Gasteiger partial charge in [0.2, 0.25) is 5.91 Å². The summed E-state index contributed by atoms with van der Waals surface area (Å²) in [6, 6.07) is 28.7. The van der Waals surface area contributed by atoms with Crippen molar-refractivity contribution in [3.63, 3.8) is 0 Å². The van der Waals surface area contributed by atoms with Crippen LogP contribution in [0.3, 0.4) is 0 Å². The van der Waals surface area contributed by atoms with Gasteiger partial charge in [0.25, 0.3) is 0 Å². The minimum atomic E-state index is -0.226. The molecule has 0 aliphatic carbocycles. The third kappa shape index (κ3) is 7.02. The molecule has 2 heterocycles. The van der Waals surface area contributed by atoms with Crippen LogP contribution in [0.25, 0.3) is 10.2 Å². The quantitative estimate of drug-likeness (QED) is 0.291. The van der Waals surface area contributed by atoms with Crippen LogP contribution in [0.5, 0.6) is 0 Å². The van der Waals surface area contributed by atoms with Crippen LogP contribution in [-0.4, -0.2) is 65.5 Å². The molecule has 0 bridgehead atoms. The Bertz CT molecular complexity index is 1310. The summed E-state index contributed by atoms with van der Waals surface area (Å²) in [5, 5.41) is 6.95. The lowest BCUT2D eigenvalue weighted by Crippen LogP contribution is -2.52. The molecule has 1 aliphatic heterocycles. The van der Waals surface area contributed by atoms with Gasteiger partial charge in [-0.05, 0) is 36.6 Å². The van der Waals surface area contributed by atoms with Gasteiger partial charge in [-0.1, -0.05) is 84.1 Å². The highest BCUT2D eigenvalue weighted by Gasteiger charge is 2.24. The van der Waals surface area contributed by atoms with Gasteiger partial charge in [-0.2, -0.15) is 0 Å². The third-order valence-corrected chi connectivity index (χ3v) is 8.16. The maximum absolute atomic E-state index is 13.6. The molecular weight excluding hydrogens is 506 g/mol. The number of thiazole rings is 1. The molecule has 1 fully saturated rings. The van der Waals surface area contributed by atoms with Crippen LogP contribution >= 0.6 is 11.3 Å². The van der Waals surface area contributed by atoms with Crippen LogP contribution in [0.4, 0.5) is 9.93 Å². The molecule has 39 heavy (non-hydrogen) atoms. The highest BCUT2D eigenvalue weighted by molar-refractivity contribution is 7.22. The Morgan fingerprint density at radius 1 is 1.00 bits per heavy atom. The maximum Gasteiger partial charge on any atom is 0.323 e. The molecule has 1 atom stereocenters. The topological polar surface area (TPSA) is 77.6 Å². The number of nitrogens with one attached hydrogen (secondary N) is 2. The largest absolute Gasteiger partial charge is 0.340 e. The lowest BCUT2D eigenvalue weighted by atomic mass is 9.88. The molecule has 1 aliphatic rings. The minimum absolute atomic E-state index is 0.0869. The third-order valence-electron chi connectivity index (χ3n) is 7.20. The van der Waals surface area contributed by atoms with Gasteiger partial charge in [-0.3, -0.25) is 10.1 Å². The molecule has 2 N–H and O–H groups in total. The number of hydrogen-bond acceptors (Lipinski definition) is 5. The summed E-state index contributed by atoms with van der Waals surface area (Å²) in [7, 11) is 0. The molecule has 1 unspecified atom stereocenters. The van der Waals surface area contributed by atoms with Crippen LogP contribution in [0.2, 0.25) is 0 Å². The van der Waals surface area contributed by atoms with Crippen molar-refractivity contribution in [2.75, 3.05) is 38.0 Å². The van der Waals surface area contributed by atoms with Crippen molar-refractivity contribution in [2.24, 2.45) is 0 Å². The van der Waals surface area contributed by atoms with Gasteiger partial charge in [0.05, 0.1) is 10.2 Å². The predicted octanol–water partition coefficient (Wildman–Crippen LogP) is 5.56. The lowest BCUT2D eigenvalue weighted by molar-refractivity contribution is -0.132. The summed E-state index contributed by atoms with van der Waals surface area (Å²) in [6.45, 7) is 5.14. The molecule has 1 aromatic heterocycles. The molecule has 5 rings (SSSR count). The van der Waals surface area contributed by atoms with Crippen LogP contribution in [0.1, 0.15) is 36.8 Å². The summed E-state index contributed by atoms with van der Waals surface area (Å²) < 4.78 is 1.02. The molecular formula is C31H35N5O2S. The number of para-hydroxylation sites is 1. The Morgan fingerprint density at radius 3 is 2.33 bits per heavy atom. The second kappa shape index (κ2) is 12.9. The zero-order valence-corrected chi connectivity index (χ0v) is 23.1. The Kier molecular flexibility index (Phi) is 8.85. The van der Waals surface area contributed by atoms with Gasteiger partial charge >= 0.3 is 6.03 Å². The summed E-state index contributed by atoms with van der Waals surface area (Å²) in [6.07, 6.45) is 1.03. The van der Waals surface area contributed by atoms with E-state index in [1.807, 2.05) is 41.3 Å². The molecule has 202 valence electrons. The number of benzene rings is 3. The van der Waals surface area contributed by atoms with E-state index in [4.69, 9.17) is 0 Å². The Labute approximate surface area is 233 Å². The van der Waals surface area contributed by atoms with Crippen LogP contribution in [-0.2, 0) is 4.79 Å². The first-order valence-electron chi connectivity index (χ1n) is 13.6. The molecule has 1 saturated heterocycles. The monoisotopic (exact) mass is 541 g/mol. The lowest BCUT2D eigenvalue weighted by Gasteiger charge is -2.33. The highest BCUT2D eigenvalue weighted by atomic mass is 32.1. The predicted molar refractivity (Wildman–Crippen MR) is 158 cm³/mol. The van der Waals surface area contributed by atoms with Crippen molar-refractivity contribution in [3.05, 3.63) is 96.1 Å². The number of rotatable bonds is 9. The van der Waals surface area contributed by atoms with Crippen molar-refractivity contribution in [1.82, 2.24) is 20.1 Å². The first kappa shape index (κ1) is 26.8. The van der Waals surface area contributed by atoms with Gasteiger partial charge in [0.15, 0.2) is 5.13 Å². The van der Waals surface area contributed by atoms with Crippen molar-refractivity contribution < 1.29 is 9.59 Å². The Hall–Kier alpha value is -3.75. The van der Waals surface area contributed by atoms with Gasteiger partial charge in [0, 0.05) is 51.1 Å². The van der Waals surface area contributed by atoms with E-state index in [-0.39, 0.29) is 23.9 Å². The van der Waals surface area contributed by atoms with Crippen LogP contribution in [0.15, 0.2) is 84.9 Å². The minimum Gasteiger partial charge on any atom is -0.340 e. The molecule has 8 heteroatoms. The number of piperazine rings is 1. The second-order valence-corrected chi connectivity index (χ2v) is 11.0. The van der Waals surface area contributed by atoms with E-state index in [1.165, 1.54) is 22.5 Å². The van der Waals surface area contributed by atoms with Crippen molar-refractivity contribution in [3.8, 4) is 0 Å². The van der Waals surface area contributed by atoms with Gasteiger partial charge in [-0.25, -0.2) is 9.78 Å². The fourth-order valence-corrected chi connectivity index (χ4v) is 6.00. The second-order valence-electron chi connectivity index (χ2n) is 10.0. The standard InChI is InChI=1S/C31H35N5O2S/c1-23-22-36(21-18-32-23)29(37)17-20-35(31(38)34-30-33-27-14-8-9-15-28(27)39-30)19-16-26(24-10-4-2-5-11-24)25-12-6-3-7-13-25/h2-15,23,26,32H,16-22H2,1H3,(H,33,34,38). The Morgan fingerprint density at radius 2 is 1.67 bits per heavy atom. The fourth-order valence-electron chi connectivity index (χ4n) is 5.14. The van der Waals surface area contributed by atoms with Crippen molar-refractivity contribution >= 4 is 38.6 Å². The van der Waals surface area contributed by atoms with Crippen molar-refractivity contribution in [2.45, 2.75) is 31.7 Å². The number of anilines is 1. The number of carbonyl (C=O) groups excluding carboxylic acids is 2. The average Bonchev–Trinajstić information content (AvgIpc) is 3.38. The number of fused-ring (bicyclic) bond motifs is 1. The zero-order chi connectivity index (χ0) is 27.0. The summed E-state index contributed by atoms with van der Waals surface area (Å²) >= 11 is 1.46. The summed E-state index contributed by atoms with van der Waals surface area (Å²) in [5.74, 6) is 0.221. The average molecular weight is 542 g/mol. The van der Waals surface area contributed by atoms with Crippen LogP contribution in [0, 0.1) is 0 Å². The van der Waals surface area contributed by atoms with Gasteiger partial charge in [0.1, 0.15) is 0 Å². The number of amides is 3. The molecule has 0 saturated carbocycles. The van der Waals surface area contributed by atoms with Crippen molar-refractivity contribution in [1.29, 1.82) is 0 Å². The number of aromatic nitrogens is 1. The fraction of sp³-hybridized carbons (Fsp3) is 0.323. The van der Waals surface area contributed by atoms with E-state index >= 15 is 0 Å². The SMILES string of the molecule is CC1CN(C(=O)CCN(CCC(c2ccccc2)c2ccccc2)C(=O)Nc2nc3ccccc3s2)CCN1. The Balaban J connectivity index is 1.32. The van der Waals surface area contributed by atoms with E-state index in [0.717, 1.165) is 23.2 Å². The highest BCUT2D eigenvalue weighted by Crippen LogP contribution is 2.29. The number of hydrogen-bond donors (Lipinski definition) is 2. The maximum atomic E-state index is 13.6. The normalized spacial score (nSPS) is 15.4. The molecule has 0 spiro atoms. The summed E-state index contributed by atoms with van der Waals surface area (Å²) in [4.78, 5) is 34.9. The molecule has 4 aromatic rings. The van der Waals surface area contributed by atoms with Crippen LogP contribution < -0.4 is 10.6 Å². The zero-order valence-electron chi connectivity index (χ0n) is 22.3. The smallest absolute Gasteiger partial charge is 0.323 e. The number of urea groups is 1. The molecule has 0 radical (unpaired) electrons. The first-order chi connectivity index (χ1) is 19.1. The van der Waals surface area contributed by atoms with E-state index in [0.29, 0.717) is 37.7 Å². The van der Waals surface area contributed by atoms with Gasteiger partial charge < -0.3 is 15.1 Å². The van der Waals surface area contributed by atoms with E-state index < -0.39 is 0 Å². The van der Waals surface area contributed by atoms with E-state index in [1.54, 1.807) is 4.90 Å². The van der Waals surface area contributed by atoms with Gasteiger partial charge in [-0.15, -0.1) is 0 Å². The number of nitrogens with zero attached hydrogens (tertiary/aromatic N) is 3. The molecule has 7 nitrogen and oxygen atoms in total. The van der Waals surface area contributed by atoms with E-state index in [2.05, 4.69) is 71.1 Å². The van der Waals surface area contributed by atoms with E-state index in [9.17, 15) is 9.59 Å². The first-order valence-corrected chi connectivity index (χ1v) is 14.4.